The molecule has 2 nitrogen and oxygen atoms in total. The summed E-state index contributed by atoms with van der Waals surface area (Å²) in [6.07, 6.45) is 12.4. The zero-order chi connectivity index (χ0) is 12.1. The maximum atomic E-state index is 10.1. The third-order valence-electron chi connectivity index (χ3n) is 4.42. The molecule has 0 heterocycles. The molecule has 17 heavy (non-hydrogen) atoms. The van der Waals surface area contributed by atoms with E-state index in [1.807, 2.05) is 0 Å². The van der Waals surface area contributed by atoms with Gasteiger partial charge in [-0.25, -0.2) is 0 Å². The highest BCUT2D eigenvalue weighted by Gasteiger charge is 2.27. The van der Waals surface area contributed by atoms with Crippen LogP contribution in [0.1, 0.15) is 71.1 Å². The summed E-state index contributed by atoms with van der Waals surface area (Å²) < 4.78 is 6.20. The van der Waals surface area contributed by atoms with Crippen molar-refractivity contribution in [3.05, 3.63) is 0 Å². The van der Waals surface area contributed by atoms with Gasteiger partial charge in [-0.1, -0.05) is 45.4 Å². The number of rotatable bonds is 2. The Hall–Kier alpha value is -0.0800. The van der Waals surface area contributed by atoms with Crippen molar-refractivity contribution in [1.82, 2.24) is 0 Å². The van der Waals surface area contributed by atoms with E-state index in [1.54, 1.807) is 0 Å². The SMILES string of the molecule is CC1CCCC(OC2CCCCCCC2O)C1. The van der Waals surface area contributed by atoms with Crippen LogP contribution < -0.4 is 0 Å². The fourth-order valence-electron chi connectivity index (χ4n) is 3.34. The fraction of sp³-hybridized carbons (Fsp3) is 1.00. The van der Waals surface area contributed by atoms with Crippen LogP contribution in [0, 0.1) is 5.92 Å². The van der Waals surface area contributed by atoms with Gasteiger partial charge in [0, 0.05) is 0 Å². The van der Waals surface area contributed by atoms with Crippen LogP contribution in [0.15, 0.2) is 0 Å². The Labute approximate surface area is 106 Å². The molecule has 1 N–H and O–H groups in total. The van der Waals surface area contributed by atoms with Gasteiger partial charge in [-0.15, -0.1) is 0 Å². The van der Waals surface area contributed by atoms with Crippen LogP contribution in [0.25, 0.3) is 0 Å². The highest BCUT2D eigenvalue weighted by atomic mass is 16.5. The van der Waals surface area contributed by atoms with Gasteiger partial charge in [-0.05, 0) is 31.6 Å². The molecule has 2 fully saturated rings. The number of hydrogen-bond acceptors (Lipinski definition) is 2. The van der Waals surface area contributed by atoms with Gasteiger partial charge in [-0.2, -0.15) is 0 Å². The molecular formula is C15H28O2. The van der Waals surface area contributed by atoms with E-state index in [9.17, 15) is 5.11 Å². The van der Waals surface area contributed by atoms with E-state index in [1.165, 1.54) is 51.4 Å². The molecule has 2 aliphatic rings. The first kappa shape index (κ1) is 13.4. The molecule has 2 heteroatoms. The maximum Gasteiger partial charge on any atom is 0.0837 e. The predicted octanol–water partition coefficient (Wildman–Crippen LogP) is 3.67. The molecule has 0 bridgehead atoms. The molecule has 0 radical (unpaired) electrons. The Bertz CT molecular complexity index is 217. The largest absolute Gasteiger partial charge is 0.390 e. The van der Waals surface area contributed by atoms with Gasteiger partial charge in [0.15, 0.2) is 0 Å². The predicted molar refractivity (Wildman–Crippen MR) is 70.0 cm³/mol. The fourth-order valence-corrected chi connectivity index (χ4v) is 3.34. The minimum absolute atomic E-state index is 0.116. The van der Waals surface area contributed by atoms with Gasteiger partial charge < -0.3 is 9.84 Å². The van der Waals surface area contributed by atoms with Crippen molar-refractivity contribution in [2.75, 3.05) is 0 Å². The third-order valence-corrected chi connectivity index (χ3v) is 4.42. The Morgan fingerprint density at radius 1 is 0.882 bits per heavy atom. The summed E-state index contributed by atoms with van der Waals surface area (Å²) >= 11 is 0. The average Bonchev–Trinajstić information content (AvgIpc) is 2.29. The molecule has 0 aliphatic heterocycles. The third kappa shape index (κ3) is 4.26. The summed E-state index contributed by atoms with van der Waals surface area (Å²) in [6.45, 7) is 2.32. The van der Waals surface area contributed by atoms with Crippen molar-refractivity contribution in [2.24, 2.45) is 5.92 Å². The lowest BCUT2D eigenvalue weighted by molar-refractivity contribution is -0.100. The molecule has 2 rings (SSSR count). The molecule has 2 aliphatic carbocycles. The van der Waals surface area contributed by atoms with Crippen molar-refractivity contribution in [2.45, 2.75) is 89.4 Å². The molecule has 4 atom stereocenters. The van der Waals surface area contributed by atoms with E-state index in [4.69, 9.17) is 4.74 Å². The van der Waals surface area contributed by atoms with E-state index in [0.29, 0.717) is 6.10 Å². The second kappa shape index (κ2) is 6.75. The van der Waals surface area contributed by atoms with Crippen molar-refractivity contribution in [1.29, 1.82) is 0 Å². The van der Waals surface area contributed by atoms with Crippen molar-refractivity contribution >= 4 is 0 Å². The van der Waals surface area contributed by atoms with E-state index in [2.05, 4.69) is 6.92 Å². The first-order valence-corrected chi connectivity index (χ1v) is 7.59. The van der Waals surface area contributed by atoms with Crippen molar-refractivity contribution in [3.8, 4) is 0 Å². The molecule has 0 saturated heterocycles. The number of hydrogen-bond donors (Lipinski definition) is 1. The molecule has 2 saturated carbocycles. The Balaban J connectivity index is 1.81. The van der Waals surface area contributed by atoms with Gasteiger partial charge in [-0.3, -0.25) is 0 Å². The normalized spacial score (nSPS) is 40.6. The summed E-state index contributed by atoms with van der Waals surface area (Å²) in [7, 11) is 0. The molecular weight excluding hydrogens is 212 g/mol. The number of aliphatic hydroxyl groups excluding tert-OH is 1. The lowest BCUT2D eigenvalue weighted by atomic mass is 9.88. The smallest absolute Gasteiger partial charge is 0.0837 e. The summed E-state index contributed by atoms with van der Waals surface area (Å²) in [5.41, 5.74) is 0. The Morgan fingerprint density at radius 3 is 2.41 bits per heavy atom. The van der Waals surface area contributed by atoms with Crippen LogP contribution in [0.4, 0.5) is 0 Å². The first-order chi connectivity index (χ1) is 8.25. The van der Waals surface area contributed by atoms with Crippen molar-refractivity contribution in [3.63, 3.8) is 0 Å². The minimum atomic E-state index is -0.215. The molecule has 4 unspecified atom stereocenters. The van der Waals surface area contributed by atoms with Crippen LogP contribution in [0.3, 0.4) is 0 Å². The van der Waals surface area contributed by atoms with E-state index >= 15 is 0 Å². The second-order valence-corrected chi connectivity index (χ2v) is 6.13. The Morgan fingerprint density at radius 2 is 1.65 bits per heavy atom. The van der Waals surface area contributed by atoms with Gasteiger partial charge >= 0.3 is 0 Å². The monoisotopic (exact) mass is 240 g/mol. The molecule has 0 spiro atoms. The summed E-state index contributed by atoms with van der Waals surface area (Å²) in [4.78, 5) is 0. The molecule has 100 valence electrons. The van der Waals surface area contributed by atoms with Crippen LogP contribution in [0.5, 0.6) is 0 Å². The van der Waals surface area contributed by atoms with Gasteiger partial charge in [0.1, 0.15) is 0 Å². The molecule has 0 aromatic carbocycles. The topological polar surface area (TPSA) is 29.5 Å². The molecule has 0 amide bonds. The van der Waals surface area contributed by atoms with Crippen LogP contribution in [0.2, 0.25) is 0 Å². The van der Waals surface area contributed by atoms with Crippen LogP contribution in [-0.2, 0) is 4.74 Å². The Kier molecular flexibility index (Phi) is 5.30. The lowest BCUT2D eigenvalue weighted by Crippen LogP contribution is -2.35. The zero-order valence-electron chi connectivity index (χ0n) is 11.2. The standard InChI is InChI=1S/C15H28O2/c1-12-7-6-8-13(11-12)17-15-10-5-3-2-4-9-14(15)16/h12-16H,2-11H2,1H3. The molecule has 0 aromatic heterocycles. The van der Waals surface area contributed by atoms with Crippen LogP contribution >= 0.6 is 0 Å². The van der Waals surface area contributed by atoms with Gasteiger partial charge in [0.25, 0.3) is 0 Å². The van der Waals surface area contributed by atoms with Gasteiger partial charge in [0.05, 0.1) is 18.3 Å². The summed E-state index contributed by atoms with van der Waals surface area (Å²) in [5, 5.41) is 10.1. The summed E-state index contributed by atoms with van der Waals surface area (Å²) in [5.74, 6) is 0.805. The van der Waals surface area contributed by atoms with Crippen LogP contribution in [-0.4, -0.2) is 23.4 Å². The number of aliphatic hydroxyl groups is 1. The van der Waals surface area contributed by atoms with E-state index < -0.39 is 0 Å². The van der Waals surface area contributed by atoms with E-state index in [0.717, 1.165) is 18.8 Å². The molecule has 0 aromatic rings. The average molecular weight is 240 g/mol. The minimum Gasteiger partial charge on any atom is -0.390 e. The first-order valence-electron chi connectivity index (χ1n) is 7.59. The summed E-state index contributed by atoms with van der Waals surface area (Å²) in [6, 6.07) is 0. The second-order valence-electron chi connectivity index (χ2n) is 6.13. The maximum absolute atomic E-state index is 10.1. The highest BCUT2D eigenvalue weighted by molar-refractivity contribution is 4.77. The van der Waals surface area contributed by atoms with Gasteiger partial charge in [0.2, 0.25) is 0 Å². The van der Waals surface area contributed by atoms with E-state index in [-0.39, 0.29) is 12.2 Å². The quantitative estimate of drug-likeness (QED) is 0.798. The zero-order valence-corrected chi connectivity index (χ0v) is 11.2. The lowest BCUT2D eigenvalue weighted by Gasteiger charge is -2.33. The van der Waals surface area contributed by atoms with Crippen molar-refractivity contribution < 1.29 is 9.84 Å². The number of ether oxygens (including phenoxy) is 1. The highest BCUT2D eigenvalue weighted by Crippen LogP contribution is 2.29.